The van der Waals surface area contributed by atoms with Gasteiger partial charge in [-0.3, -0.25) is 0 Å². The van der Waals surface area contributed by atoms with E-state index in [1.807, 2.05) is 30.0 Å². The molecule has 1 saturated heterocycles. The highest BCUT2D eigenvalue weighted by Gasteiger charge is 2.25. The molecule has 0 spiro atoms. The largest absolute Gasteiger partial charge is 0.377 e. The van der Waals surface area contributed by atoms with Crippen LogP contribution in [0.1, 0.15) is 13.3 Å². The molecule has 2 atom stereocenters. The molecule has 1 fully saturated rings. The standard InChI is InChI=1S/C10H12BrNOS/c1-7-8(5-6-13-7)14-10-4-2-3-9(11)12-10/h2-4,7-8H,5-6H2,1H3. The second-order valence-electron chi connectivity index (χ2n) is 3.32. The fourth-order valence-corrected chi connectivity index (χ4v) is 3.04. The maximum Gasteiger partial charge on any atom is 0.107 e. The van der Waals surface area contributed by atoms with Crippen molar-refractivity contribution in [2.75, 3.05) is 6.61 Å². The first-order valence-electron chi connectivity index (χ1n) is 4.66. The summed E-state index contributed by atoms with van der Waals surface area (Å²) in [6, 6.07) is 6.00. The first-order chi connectivity index (χ1) is 6.75. The van der Waals surface area contributed by atoms with E-state index in [1.54, 1.807) is 0 Å². The number of ether oxygens (including phenoxy) is 1. The average Bonchev–Trinajstić information content (AvgIpc) is 2.52. The number of aromatic nitrogens is 1. The molecule has 0 aromatic carbocycles. The summed E-state index contributed by atoms with van der Waals surface area (Å²) in [5.41, 5.74) is 0. The molecule has 2 unspecified atom stereocenters. The Morgan fingerprint density at radius 1 is 1.57 bits per heavy atom. The van der Waals surface area contributed by atoms with Gasteiger partial charge in [-0.05, 0) is 41.4 Å². The lowest BCUT2D eigenvalue weighted by atomic mass is 10.3. The van der Waals surface area contributed by atoms with Gasteiger partial charge in [0.15, 0.2) is 0 Å². The van der Waals surface area contributed by atoms with Crippen molar-refractivity contribution in [3.8, 4) is 0 Å². The van der Waals surface area contributed by atoms with Crippen LogP contribution in [0.25, 0.3) is 0 Å². The lowest BCUT2D eigenvalue weighted by molar-refractivity contribution is 0.127. The Kier molecular flexibility index (Phi) is 3.47. The molecule has 1 aliphatic rings. The summed E-state index contributed by atoms with van der Waals surface area (Å²) in [5, 5.41) is 1.62. The molecule has 1 aromatic rings. The van der Waals surface area contributed by atoms with E-state index in [1.165, 1.54) is 0 Å². The molecule has 0 saturated carbocycles. The minimum absolute atomic E-state index is 0.348. The molecule has 0 N–H and O–H groups in total. The molecule has 1 aliphatic heterocycles. The fraction of sp³-hybridized carbons (Fsp3) is 0.500. The Morgan fingerprint density at radius 3 is 3.07 bits per heavy atom. The first-order valence-corrected chi connectivity index (χ1v) is 6.34. The number of thioether (sulfide) groups is 1. The van der Waals surface area contributed by atoms with Crippen molar-refractivity contribution in [2.45, 2.75) is 29.7 Å². The third-order valence-corrected chi connectivity index (χ3v) is 4.10. The molecule has 2 rings (SSSR count). The monoisotopic (exact) mass is 273 g/mol. The van der Waals surface area contributed by atoms with Crippen LogP contribution in [0, 0.1) is 0 Å². The van der Waals surface area contributed by atoms with Crippen LogP contribution in [0.3, 0.4) is 0 Å². The van der Waals surface area contributed by atoms with Gasteiger partial charge in [-0.1, -0.05) is 6.07 Å². The van der Waals surface area contributed by atoms with E-state index in [9.17, 15) is 0 Å². The lowest BCUT2D eigenvalue weighted by Crippen LogP contribution is -2.13. The van der Waals surface area contributed by atoms with Crippen LogP contribution >= 0.6 is 27.7 Å². The van der Waals surface area contributed by atoms with Crippen LogP contribution in [0.5, 0.6) is 0 Å². The molecule has 0 aliphatic carbocycles. The highest BCUT2D eigenvalue weighted by Crippen LogP contribution is 2.31. The highest BCUT2D eigenvalue weighted by atomic mass is 79.9. The maximum atomic E-state index is 5.51. The van der Waals surface area contributed by atoms with Crippen molar-refractivity contribution in [3.63, 3.8) is 0 Å². The van der Waals surface area contributed by atoms with E-state index in [0.29, 0.717) is 11.4 Å². The predicted octanol–water partition coefficient (Wildman–Crippen LogP) is 3.11. The molecule has 2 heterocycles. The normalized spacial score (nSPS) is 26.7. The Morgan fingerprint density at radius 2 is 2.43 bits per heavy atom. The lowest BCUT2D eigenvalue weighted by Gasteiger charge is -2.12. The van der Waals surface area contributed by atoms with Crippen molar-refractivity contribution in [1.82, 2.24) is 4.98 Å². The van der Waals surface area contributed by atoms with Crippen LogP contribution in [0.2, 0.25) is 0 Å². The third-order valence-electron chi connectivity index (χ3n) is 2.27. The van der Waals surface area contributed by atoms with Gasteiger partial charge >= 0.3 is 0 Å². The summed E-state index contributed by atoms with van der Waals surface area (Å²) in [5.74, 6) is 0. The summed E-state index contributed by atoms with van der Waals surface area (Å²) in [4.78, 5) is 4.40. The van der Waals surface area contributed by atoms with Crippen molar-refractivity contribution in [3.05, 3.63) is 22.8 Å². The van der Waals surface area contributed by atoms with Gasteiger partial charge < -0.3 is 4.74 Å². The predicted molar refractivity (Wildman–Crippen MR) is 61.6 cm³/mol. The summed E-state index contributed by atoms with van der Waals surface area (Å²) < 4.78 is 6.40. The Labute approximate surface area is 96.6 Å². The minimum Gasteiger partial charge on any atom is -0.377 e. The van der Waals surface area contributed by atoms with E-state index in [4.69, 9.17) is 4.74 Å². The highest BCUT2D eigenvalue weighted by molar-refractivity contribution is 9.10. The van der Waals surface area contributed by atoms with Crippen LogP contribution in [0.4, 0.5) is 0 Å². The molecule has 0 bridgehead atoms. The van der Waals surface area contributed by atoms with E-state index in [0.717, 1.165) is 22.7 Å². The van der Waals surface area contributed by atoms with Crippen molar-refractivity contribution in [1.29, 1.82) is 0 Å². The number of halogens is 1. The van der Waals surface area contributed by atoms with Crippen molar-refractivity contribution in [2.24, 2.45) is 0 Å². The number of hydrogen-bond acceptors (Lipinski definition) is 3. The van der Waals surface area contributed by atoms with Crippen LogP contribution in [0.15, 0.2) is 27.8 Å². The second kappa shape index (κ2) is 4.64. The smallest absolute Gasteiger partial charge is 0.107 e. The van der Waals surface area contributed by atoms with Crippen LogP contribution in [-0.2, 0) is 4.74 Å². The molecular formula is C10H12BrNOS. The van der Waals surface area contributed by atoms with Gasteiger partial charge in [-0.25, -0.2) is 4.98 Å². The maximum absolute atomic E-state index is 5.51. The zero-order valence-corrected chi connectivity index (χ0v) is 10.3. The quantitative estimate of drug-likeness (QED) is 0.774. The SMILES string of the molecule is CC1OCCC1Sc1cccc(Br)n1. The number of pyridine rings is 1. The fourth-order valence-electron chi connectivity index (χ4n) is 1.48. The summed E-state index contributed by atoms with van der Waals surface area (Å²) in [6.45, 7) is 3.01. The van der Waals surface area contributed by atoms with Crippen molar-refractivity contribution >= 4 is 27.7 Å². The van der Waals surface area contributed by atoms with Gasteiger partial charge in [0.25, 0.3) is 0 Å². The van der Waals surface area contributed by atoms with Gasteiger partial charge in [-0.2, -0.15) is 0 Å². The Hall–Kier alpha value is -0.0600. The molecule has 76 valence electrons. The number of hydrogen-bond donors (Lipinski definition) is 0. The van der Waals surface area contributed by atoms with Crippen LogP contribution < -0.4 is 0 Å². The number of nitrogens with zero attached hydrogens (tertiary/aromatic N) is 1. The molecule has 0 radical (unpaired) electrons. The summed E-state index contributed by atoms with van der Waals surface area (Å²) in [6.07, 6.45) is 1.47. The van der Waals surface area contributed by atoms with Crippen molar-refractivity contribution < 1.29 is 4.74 Å². The van der Waals surface area contributed by atoms with E-state index in [2.05, 4.69) is 27.8 Å². The minimum atomic E-state index is 0.348. The molecule has 2 nitrogen and oxygen atoms in total. The van der Waals surface area contributed by atoms with Gasteiger partial charge in [-0.15, -0.1) is 11.8 Å². The molecular weight excluding hydrogens is 262 g/mol. The third kappa shape index (κ3) is 2.49. The van der Waals surface area contributed by atoms with E-state index >= 15 is 0 Å². The Balaban J connectivity index is 2.03. The van der Waals surface area contributed by atoms with Crippen LogP contribution in [-0.4, -0.2) is 22.9 Å². The van der Waals surface area contributed by atoms with E-state index in [-0.39, 0.29) is 0 Å². The zero-order chi connectivity index (χ0) is 9.97. The second-order valence-corrected chi connectivity index (χ2v) is 5.39. The zero-order valence-electron chi connectivity index (χ0n) is 7.94. The van der Waals surface area contributed by atoms with E-state index < -0.39 is 0 Å². The van der Waals surface area contributed by atoms with Gasteiger partial charge in [0, 0.05) is 11.9 Å². The topological polar surface area (TPSA) is 22.1 Å². The summed E-state index contributed by atoms with van der Waals surface area (Å²) >= 11 is 5.18. The van der Waals surface area contributed by atoms with Gasteiger partial charge in [0.05, 0.1) is 11.1 Å². The molecule has 14 heavy (non-hydrogen) atoms. The van der Waals surface area contributed by atoms with Gasteiger partial charge in [0.1, 0.15) is 4.60 Å². The first kappa shape index (κ1) is 10.5. The number of rotatable bonds is 2. The molecule has 0 amide bonds. The average molecular weight is 274 g/mol. The summed E-state index contributed by atoms with van der Waals surface area (Å²) in [7, 11) is 0. The Bertz CT molecular complexity index is 321. The van der Waals surface area contributed by atoms with Gasteiger partial charge in [0.2, 0.25) is 0 Å². The molecule has 4 heteroatoms. The molecule has 1 aromatic heterocycles.